The molecule has 132 valence electrons. The zero-order chi connectivity index (χ0) is 18.4. The number of nitrogens with zero attached hydrogens (tertiary/aromatic N) is 2. The maximum absolute atomic E-state index is 12.6. The summed E-state index contributed by atoms with van der Waals surface area (Å²) < 4.78 is 62.7. The van der Waals surface area contributed by atoms with E-state index in [9.17, 15) is 26.4 Å². The van der Waals surface area contributed by atoms with Crippen LogP contribution in [0.15, 0.2) is 29.2 Å². The Bertz CT molecular complexity index is 710. The van der Waals surface area contributed by atoms with Crippen LogP contribution < -0.4 is 5.32 Å². The van der Waals surface area contributed by atoms with Crippen LogP contribution in [0.2, 0.25) is 0 Å². The minimum absolute atomic E-state index is 0.218. The highest BCUT2D eigenvalue weighted by atomic mass is 32.2. The third-order valence-electron chi connectivity index (χ3n) is 2.93. The molecule has 1 rings (SSSR count). The van der Waals surface area contributed by atoms with Crippen LogP contribution in [0.5, 0.6) is 0 Å². The van der Waals surface area contributed by atoms with Gasteiger partial charge in [-0.05, 0) is 24.3 Å². The van der Waals surface area contributed by atoms with E-state index in [0.717, 1.165) is 12.1 Å². The first-order valence-electron chi connectivity index (χ1n) is 6.94. The average molecular weight is 363 g/mol. The molecular weight excluding hydrogens is 347 g/mol. The molecule has 0 bridgehead atoms. The quantitative estimate of drug-likeness (QED) is 0.806. The summed E-state index contributed by atoms with van der Waals surface area (Å²) in [5.41, 5.74) is 0.334. The van der Waals surface area contributed by atoms with Gasteiger partial charge in [-0.15, -0.1) is 0 Å². The topological polar surface area (TPSA) is 90.3 Å². The predicted octanol–water partition coefficient (Wildman–Crippen LogP) is 2.50. The molecule has 0 aliphatic rings. The van der Waals surface area contributed by atoms with E-state index < -0.39 is 29.3 Å². The van der Waals surface area contributed by atoms with Crippen LogP contribution in [0.3, 0.4) is 0 Å². The molecule has 0 saturated heterocycles. The molecule has 1 amide bonds. The largest absolute Gasteiger partial charge is 0.402 e. The Balaban J connectivity index is 3.05. The summed E-state index contributed by atoms with van der Waals surface area (Å²) in [5, 5.41) is 11.0. The SMILES string of the molecule is CCC(=O)Nc1ccc(S(=O)(=O)N(CCC#N)CC(F)(F)F)cc1. The predicted molar refractivity (Wildman–Crippen MR) is 80.4 cm³/mol. The second-order valence-electron chi connectivity index (χ2n) is 4.79. The molecule has 0 radical (unpaired) electrons. The molecule has 10 heteroatoms. The monoisotopic (exact) mass is 363 g/mol. The number of amides is 1. The van der Waals surface area contributed by atoms with Crippen molar-refractivity contribution in [2.24, 2.45) is 0 Å². The van der Waals surface area contributed by atoms with Gasteiger partial charge in [-0.3, -0.25) is 4.79 Å². The molecule has 0 unspecified atom stereocenters. The van der Waals surface area contributed by atoms with Crippen LogP contribution in [-0.4, -0.2) is 37.9 Å². The smallest absolute Gasteiger partial charge is 0.326 e. The highest BCUT2D eigenvalue weighted by molar-refractivity contribution is 7.89. The molecule has 1 aromatic carbocycles. The number of carbonyl (C=O) groups is 1. The maximum Gasteiger partial charge on any atom is 0.402 e. The number of hydrogen-bond donors (Lipinski definition) is 1. The number of alkyl halides is 3. The van der Waals surface area contributed by atoms with E-state index in [1.807, 2.05) is 0 Å². The van der Waals surface area contributed by atoms with Crippen molar-refractivity contribution in [3.05, 3.63) is 24.3 Å². The number of benzene rings is 1. The first-order valence-corrected chi connectivity index (χ1v) is 8.38. The van der Waals surface area contributed by atoms with E-state index in [0.29, 0.717) is 5.69 Å². The zero-order valence-electron chi connectivity index (χ0n) is 12.8. The second kappa shape index (κ2) is 8.12. The van der Waals surface area contributed by atoms with Gasteiger partial charge in [-0.2, -0.15) is 22.7 Å². The van der Waals surface area contributed by atoms with Gasteiger partial charge in [0.25, 0.3) is 0 Å². The summed E-state index contributed by atoms with van der Waals surface area (Å²) in [6, 6.07) is 6.42. The van der Waals surface area contributed by atoms with Gasteiger partial charge >= 0.3 is 6.18 Å². The van der Waals surface area contributed by atoms with Crippen LogP contribution in [0.4, 0.5) is 18.9 Å². The standard InChI is InChI=1S/C14H16F3N3O3S/c1-2-13(21)19-11-4-6-12(7-5-11)24(22,23)20(9-3-8-18)10-14(15,16)17/h4-7H,2-3,9-10H2,1H3,(H,19,21). The lowest BCUT2D eigenvalue weighted by Gasteiger charge is -2.22. The van der Waals surface area contributed by atoms with Gasteiger partial charge in [0.1, 0.15) is 6.54 Å². The molecule has 0 spiro atoms. The fourth-order valence-electron chi connectivity index (χ4n) is 1.77. The fourth-order valence-corrected chi connectivity index (χ4v) is 3.19. The molecule has 0 aliphatic heterocycles. The van der Waals surface area contributed by atoms with Gasteiger partial charge in [0, 0.05) is 25.1 Å². The van der Waals surface area contributed by atoms with Crippen LogP contribution in [0, 0.1) is 11.3 Å². The molecule has 0 aliphatic carbocycles. The third-order valence-corrected chi connectivity index (χ3v) is 4.79. The lowest BCUT2D eigenvalue weighted by molar-refractivity contribution is -0.136. The first-order chi connectivity index (χ1) is 11.1. The van der Waals surface area contributed by atoms with Crippen molar-refractivity contribution in [3.8, 4) is 6.07 Å². The molecule has 0 saturated carbocycles. The third kappa shape index (κ3) is 5.82. The summed E-state index contributed by atoms with van der Waals surface area (Å²) in [5.74, 6) is -0.279. The van der Waals surface area contributed by atoms with Crippen molar-refractivity contribution in [1.29, 1.82) is 5.26 Å². The molecular formula is C14H16F3N3O3S. The van der Waals surface area contributed by atoms with E-state index in [4.69, 9.17) is 5.26 Å². The van der Waals surface area contributed by atoms with Gasteiger partial charge in [-0.25, -0.2) is 8.42 Å². The summed E-state index contributed by atoms with van der Waals surface area (Å²) in [6.45, 7) is -0.601. The average Bonchev–Trinajstić information content (AvgIpc) is 2.50. The zero-order valence-corrected chi connectivity index (χ0v) is 13.6. The van der Waals surface area contributed by atoms with Crippen molar-refractivity contribution in [2.45, 2.75) is 30.8 Å². The number of sulfonamides is 1. The number of hydrogen-bond acceptors (Lipinski definition) is 4. The Hall–Kier alpha value is -2.12. The number of halogens is 3. The number of anilines is 1. The molecule has 0 aromatic heterocycles. The number of rotatable bonds is 7. The highest BCUT2D eigenvalue weighted by Crippen LogP contribution is 2.24. The summed E-state index contributed by atoms with van der Waals surface area (Å²) in [7, 11) is -4.41. The number of nitriles is 1. The lowest BCUT2D eigenvalue weighted by Crippen LogP contribution is -2.39. The van der Waals surface area contributed by atoms with Crippen LogP contribution in [0.1, 0.15) is 19.8 Å². The van der Waals surface area contributed by atoms with Crippen molar-refractivity contribution in [3.63, 3.8) is 0 Å². The summed E-state index contributed by atoms with van der Waals surface area (Å²) in [4.78, 5) is 10.9. The minimum atomic E-state index is -4.72. The van der Waals surface area contributed by atoms with Crippen molar-refractivity contribution >= 4 is 21.6 Å². The lowest BCUT2D eigenvalue weighted by atomic mass is 10.3. The van der Waals surface area contributed by atoms with Gasteiger partial charge in [-0.1, -0.05) is 6.92 Å². The molecule has 0 atom stereocenters. The summed E-state index contributed by atoms with van der Waals surface area (Å²) >= 11 is 0. The van der Waals surface area contributed by atoms with E-state index in [-0.39, 0.29) is 27.9 Å². The van der Waals surface area contributed by atoms with Gasteiger partial charge in [0.05, 0.1) is 11.0 Å². The van der Waals surface area contributed by atoms with Gasteiger partial charge in [0.2, 0.25) is 15.9 Å². The van der Waals surface area contributed by atoms with Crippen molar-refractivity contribution < 1.29 is 26.4 Å². The Morgan fingerprint density at radius 3 is 2.33 bits per heavy atom. The molecule has 0 heterocycles. The van der Waals surface area contributed by atoms with Crippen LogP contribution in [-0.2, 0) is 14.8 Å². The minimum Gasteiger partial charge on any atom is -0.326 e. The van der Waals surface area contributed by atoms with E-state index >= 15 is 0 Å². The van der Waals surface area contributed by atoms with Crippen LogP contribution >= 0.6 is 0 Å². The van der Waals surface area contributed by atoms with Gasteiger partial charge in [0.15, 0.2) is 0 Å². The Labute approximate surface area is 137 Å². The number of carbonyl (C=O) groups excluding carboxylic acids is 1. The molecule has 1 aromatic rings. The van der Waals surface area contributed by atoms with Crippen LogP contribution in [0.25, 0.3) is 0 Å². The Morgan fingerprint density at radius 2 is 1.88 bits per heavy atom. The van der Waals surface area contributed by atoms with Crippen molar-refractivity contribution in [2.75, 3.05) is 18.4 Å². The van der Waals surface area contributed by atoms with Gasteiger partial charge < -0.3 is 5.32 Å². The Kier molecular flexibility index (Phi) is 6.74. The molecule has 6 nitrogen and oxygen atoms in total. The van der Waals surface area contributed by atoms with E-state index in [1.165, 1.54) is 12.1 Å². The molecule has 24 heavy (non-hydrogen) atoms. The van der Waals surface area contributed by atoms with E-state index in [2.05, 4.69) is 5.32 Å². The summed E-state index contributed by atoms with van der Waals surface area (Å²) in [6.07, 6.45) is -4.86. The fraction of sp³-hybridized carbons (Fsp3) is 0.429. The molecule has 0 fully saturated rings. The molecule has 1 N–H and O–H groups in total. The highest BCUT2D eigenvalue weighted by Gasteiger charge is 2.36. The first kappa shape index (κ1) is 19.9. The normalized spacial score (nSPS) is 12.0. The Morgan fingerprint density at radius 1 is 1.29 bits per heavy atom. The number of nitrogens with one attached hydrogen (secondary N) is 1. The van der Waals surface area contributed by atoms with Crippen molar-refractivity contribution in [1.82, 2.24) is 4.31 Å². The maximum atomic E-state index is 12.6. The van der Waals surface area contributed by atoms with E-state index in [1.54, 1.807) is 13.0 Å². The second-order valence-corrected chi connectivity index (χ2v) is 6.73.